The quantitative estimate of drug-likeness (QED) is 0.0857. The maximum absolute atomic E-state index is 12.0. The average molecular weight is 523 g/mol. The van der Waals surface area contributed by atoms with Gasteiger partial charge in [-0.3, -0.25) is 9.59 Å². The van der Waals surface area contributed by atoms with Gasteiger partial charge in [0, 0.05) is 24.3 Å². The molecule has 0 aliphatic carbocycles. The number of rotatable bonds is 23. The Kier molecular flexibility index (Phi) is 21.0. The number of carboxylic acid groups (broad SMARTS) is 2. The third kappa shape index (κ3) is 18.9. The summed E-state index contributed by atoms with van der Waals surface area (Å²) in [6.45, 7) is 1.32. The van der Waals surface area contributed by atoms with Gasteiger partial charge in [0.05, 0.1) is 0 Å². The van der Waals surface area contributed by atoms with Gasteiger partial charge in [-0.2, -0.15) is 0 Å². The molecule has 0 aromatic heterocycles. The highest BCUT2D eigenvalue weighted by Crippen LogP contribution is 2.23. The van der Waals surface area contributed by atoms with E-state index < -0.39 is 24.0 Å². The number of amides is 2. The summed E-state index contributed by atoms with van der Waals surface area (Å²) < 4.78 is 0. The highest BCUT2D eigenvalue weighted by atomic mass is 33.1. The van der Waals surface area contributed by atoms with Crippen LogP contribution in [-0.4, -0.2) is 70.6 Å². The predicted octanol–water partition coefficient (Wildman–Crippen LogP) is 2.11. The number of nitrogens with two attached hydrogens (primary N) is 2. The van der Waals surface area contributed by atoms with Crippen LogP contribution in [0.3, 0.4) is 0 Å². The average Bonchev–Trinajstić information content (AvgIpc) is 2.79. The zero-order chi connectivity index (χ0) is 25.6. The van der Waals surface area contributed by atoms with Crippen molar-refractivity contribution in [2.75, 3.05) is 24.6 Å². The van der Waals surface area contributed by atoms with Crippen LogP contribution in [0.1, 0.15) is 77.0 Å². The van der Waals surface area contributed by atoms with Gasteiger partial charge in [-0.15, -0.1) is 0 Å². The molecule has 0 saturated heterocycles. The molecule has 0 aromatic carbocycles. The number of carboxylic acids is 2. The second kappa shape index (κ2) is 22.0. The van der Waals surface area contributed by atoms with E-state index in [1.807, 2.05) is 0 Å². The summed E-state index contributed by atoms with van der Waals surface area (Å²) >= 11 is 0. The number of carbonyl (C=O) groups is 4. The molecule has 0 aliphatic rings. The van der Waals surface area contributed by atoms with Crippen molar-refractivity contribution in [3.05, 3.63) is 0 Å². The van der Waals surface area contributed by atoms with Gasteiger partial charge in [0.15, 0.2) is 0 Å². The Bertz CT molecular complexity index is 548. The fraction of sp³-hybridized carbons (Fsp3) is 0.818. The molecule has 0 fully saturated rings. The van der Waals surface area contributed by atoms with Crippen LogP contribution in [-0.2, 0) is 19.2 Å². The molecule has 2 atom stereocenters. The van der Waals surface area contributed by atoms with Gasteiger partial charge in [0.2, 0.25) is 11.8 Å². The SMILES string of the molecule is NCCCCCCCC(=O)NC(CSSCC(NC(=O)CCCCCCCN)C(=O)O)C(=O)O. The third-order valence-corrected chi connectivity index (χ3v) is 7.46. The van der Waals surface area contributed by atoms with Crippen LogP contribution in [0.2, 0.25) is 0 Å². The van der Waals surface area contributed by atoms with Gasteiger partial charge in [-0.1, -0.05) is 60.1 Å². The van der Waals surface area contributed by atoms with Crippen LogP contribution >= 0.6 is 21.6 Å². The number of carbonyl (C=O) groups excluding carboxylic acids is 2. The fourth-order valence-electron chi connectivity index (χ4n) is 3.04. The molecule has 10 nitrogen and oxygen atoms in total. The van der Waals surface area contributed by atoms with Gasteiger partial charge in [-0.05, 0) is 38.8 Å². The predicted molar refractivity (Wildman–Crippen MR) is 138 cm³/mol. The van der Waals surface area contributed by atoms with E-state index in [0.717, 1.165) is 73.0 Å². The normalized spacial score (nSPS) is 12.6. The van der Waals surface area contributed by atoms with Crippen molar-refractivity contribution in [3.8, 4) is 0 Å². The van der Waals surface area contributed by atoms with E-state index in [4.69, 9.17) is 11.5 Å². The molecule has 2 amide bonds. The molecular weight excluding hydrogens is 480 g/mol. The minimum Gasteiger partial charge on any atom is -0.480 e. The Morgan fingerprint density at radius 2 is 0.912 bits per heavy atom. The number of hydrogen-bond donors (Lipinski definition) is 6. The van der Waals surface area contributed by atoms with Crippen LogP contribution < -0.4 is 22.1 Å². The molecule has 34 heavy (non-hydrogen) atoms. The van der Waals surface area contributed by atoms with Crippen LogP contribution in [0.4, 0.5) is 0 Å². The number of hydrogen-bond acceptors (Lipinski definition) is 8. The first-order chi connectivity index (χ1) is 16.3. The van der Waals surface area contributed by atoms with Gasteiger partial charge in [0.1, 0.15) is 12.1 Å². The molecular formula is C22H42N4O6S2. The van der Waals surface area contributed by atoms with Gasteiger partial charge < -0.3 is 32.3 Å². The fourth-order valence-corrected chi connectivity index (χ4v) is 5.35. The van der Waals surface area contributed by atoms with Crippen LogP contribution in [0.25, 0.3) is 0 Å². The molecule has 0 aliphatic heterocycles. The van der Waals surface area contributed by atoms with Crippen LogP contribution in [0, 0.1) is 0 Å². The van der Waals surface area contributed by atoms with Crippen molar-refractivity contribution in [2.45, 2.75) is 89.1 Å². The third-order valence-electron chi connectivity index (χ3n) is 5.04. The summed E-state index contributed by atoms with van der Waals surface area (Å²) in [7, 11) is 2.31. The van der Waals surface area contributed by atoms with Crippen molar-refractivity contribution >= 4 is 45.3 Å². The van der Waals surface area contributed by atoms with E-state index in [1.165, 1.54) is 0 Å². The molecule has 0 radical (unpaired) electrons. The lowest BCUT2D eigenvalue weighted by Crippen LogP contribution is -2.43. The lowest BCUT2D eigenvalue weighted by Gasteiger charge is -2.16. The molecule has 0 rings (SSSR count). The lowest BCUT2D eigenvalue weighted by atomic mass is 10.1. The van der Waals surface area contributed by atoms with Crippen molar-refractivity contribution in [1.29, 1.82) is 0 Å². The summed E-state index contributed by atoms with van der Waals surface area (Å²) in [6.07, 6.45) is 9.68. The van der Waals surface area contributed by atoms with Crippen molar-refractivity contribution in [2.24, 2.45) is 11.5 Å². The Morgan fingerprint density at radius 3 is 1.24 bits per heavy atom. The largest absolute Gasteiger partial charge is 0.480 e. The molecule has 0 saturated carbocycles. The molecule has 0 bridgehead atoms. The first kappa shape index (κ1) is 32.5. The standard InChI is InChI=1S/C22H42N4O6S2/c23-13-9-5-1-3-7-11-19(27)25-17(21(29)30)15-33-34-16-18(22(31)32)26-20(28)12-8-4-2-6-10-14-24/h17-18H,1-16,23-24H2,(H,25,27)(H,26,28)(H,29,30)(H,31,32). The Balaban J connectivity index is 4.18. The van der Waals surface area contributed by atoms with Gasteiger partial charge in [0.25, 0.3) is 0 Å². The Labute approximate surface area is 210 Å². The number of unbranched alkanes of at least 4 members (excludes halogenated alkanes) is 8. The highest BCUT2D eigenvalue weighted by molar-refractivity contribution is 8.76. The number of nitrogens with one attached hydrogen (secondary N) is 2. The van der Waals surface area contributed by atoms with Crippen LogP contribution in [0.15, 0.2) is 0 Å². The van der Waals surface area contributed by atoms with Crippen molar-refractivity contribution in [3.63, 3.8) is 0 Å². The Hall–Kier alpha value is -1.50. The Morgan fingerprint density at radius 1 is 0.588 bits per heavy atom. The first-order valence-corrected chi connectivity index (χ1v) is 14.5. The van der Waals surface area contributed by atoms with E-state index >= 15 is 0 Å². The van der Waals surface area contributed by atoms with Crippen molar-refractivity contribution < 1.29 is 29.4 Å². The minimum absolute atomic E-state index is 0.0886. The van der Waals surface area contributed by atoms with Gasteiger partial charge in [-0.25, -0.2) is 9.59 Å². The lowest BCUT2D eigenvalue weighted by molar-refractivity contribution is -0.141. The molecule has 0 aromatic rings. The first-order valence-electron chi connectivity index (χ1n) is 12.0. The second-order valence-corrected chi connectivity index (χ2v) is 10.7. The van der Waals surface area contributed by atoms with Crippen LogP contribution in [0.5, 0.6) is 0 Å². The zero-order valence-electron chi connectivity index (χ0n) is 20.0. The zero-order valence-corrected chi connectivity index (χ0v) is 21.6. The molecule has 0 heterocycles. The highest BCUT2D eigenvalue weighted by Gasteiger charge is 2.22. The molecule has 2 unspecified atom stereocenters. The van der Waals surface area contributed by atoms with E-state index in [2.05, 4.69) is 10.6 Å². The molecule has 12 heteroatoms. The maximum Gasteiger partial charge on any atom is 0.327 e. The number of aliphatic carboxylic acids is 2. The monoisotopic (exact) mass is 522 g/mol. The smallest absolute Gasteiger partial charge is 0.327 e. The summed E-state index contributed by atoms with van der Waals surface area (Å²) in [4.78, 5) is 46.9. The minimum atomic E-state index is -1.14. The summed E-state index contributed by atoms with van der Waals surface area (Å²) in [5.74, 6) is -2.72. The summed E-state index contributed by atoms with van der Waals surface area (Å²) in [5, 5.41) is 23.7. The van der Waals surface area contributed by atoms with Gasteiger partial charge >= 0.3 is 11.9 Å². The van der Waals surface area contributed by atoms with E-state index in [0.29, 0.717) is 25.9 Å². The summed E-state index contributed by atoms with van der Waals surface area (Å²) in [6, 6.07) is -2.11. The van der Waals surface area contributed by atoms with E-state index in [9.17, 15) is 29.4 Å². The van der Waals surface area contributed by atoms with Crippen molar-refractivity contribution in [1.82, 2.24) is 10.6 Å². The molecule has 198 valence electrons. The molecule has 0 spiro atoms. The molecule has 8 N–H and O–H groups in total. The maximum atomic E-state index is 12.0. The summed E-state index contributed by atoms with van der Waals surface area (Å²) in [5.41, 5.74) is 10.9. The van der Waals surface area contributed by atoms with E-state index in [-0.39, 0.29) is 36.2 Å². The second-order valence-electron chi connectivity index (χ2n) is 8.10. The van der Waals surface area contributed by atoms with E-state index in [1.54, 1.807) is 0 Å². The topological polar surface area (TPSA) is 185 Å².